The normalized spacial score (nSPS) is 23.3. The standard InChI is InChI=1S/C14H21N3O/c1-4-14(10-18-3)9-16-13(15)17(14)12-7-5-6-11(2)8-12/h5-8H,4,9-10H2,1-3H3,(H2,15,16). The summed E-state index contributed by atoms with van der Waals surface area (Å²) in [6.45, 7) is 5.55. The number of guanidine groups is 1. The highest BCUT2D eigenvalue weighted by Gasteiger charge is 2.41. The van der Waals surface area contributed by atoms with E-state index in [1.54, 1.807) is 7.11 Å². The summed E-state index contributed by atoms with van der Waals surface area (Å²) in [4.78, 5) is 6.52. The van der Waals surface area contributed by atoms with E-state index in [1.807, 2.05) is 6.07 Å². The van der Waals surface area contributed by atoms with Crippen molar-refractivity contribution in [3.63, 3.8) is 0 Å². The van der Waals surface area contributed by atoms with Gasteiger partial charge in [0, 0.05) is 12.8 Å². The second kappa shape index (κ2) is 4.98. The Kier molecular flexibility index (Phi) is 3.57. The van der Waals surface area contributed by atoms with Gasteiger partial charge in [-0.3, -0.25) is 4.99 Å². The van der Waals surface area contributed by atoms with Crippen LogP contribution >= 0.6 is 0 Å². The third-order valence-corrected chi connectivity index (χ3v) is 3.57. The lowest BCUT2D eigenvalue weighted by Crippen LogP contribution is -2.54. The lowest BCUT2D eigenvalue weighted by molar-refractivity contribution is 0.138. The fourth-order valence-corrected chi connectivity index (χ4v) is 2.54. The molecule has 2 N–H and O–H groups in total. The molecule has 4 nitrogen and oxygen atoms in total. The lowest BCUT2D eigenvalue weighted by atomic mass is 9.95. The maximum Gasteiger partial charge on any atom is 0.196 e. The van der Waals surface area contributed by atoms with Crippen molar-refractivity contribution in [3.05, 3.63) is 29.8 Å². The third kappa shape index (κ3) is 2.08. The highest BCUT2D eigenvalue weighted by atomic mass is 16.5. The first-order valence-electron chi connectivity index (χ1n) is 6.29. The predicted octanol–water partition coefficient (Wildman–Crippen LogP) is 1.92. The lowest BCUT2D eigenvalue weighted by Gasteiger charge is -2.38. The number of aliphatic imine (C=N–C) groups is 1. The molecule has 1 heterocycles. The van der Waals surface area contributed by atoms with E-state index < -0.39 is 0 Å². The fraction of sp³-hybridized carbons (Fsp3) is 0.500. The van der Waals surface area contributed by atoms with Gasteiger partial charge in [0.05, 0.1) is 18.7 Å². The molecule has 98 valence electrons. The minimum atomic E-state index is -0.146. The molecule has 1 aromatic rings. The van der Waals surface area contributed by atoms with Crippen molar-refractivity contribution in [1.82, 2.24) is 0 Å². The number of methoxy groups -OCH3 is 1. The quantitative estimate of drug-likeness (QED) is 0.884. The first kappa shape index (κ1) is 12.9. The van der Waals surface area contributed by atoms with Crippen LogP contribution in [0.4, 0.5) is 5.69 Å². The predicted molar refractivity (Wildman–Crippen MR) is 75.0 cm³/mol. The van der Waals surface area contributed by atoms with Crippen LogP contribution in [0, 0.1) is 6.92 Å². The second-order valence-corrected chi connectivity index (χ2v) is 4.86. The summed E-state index contributed by atoms with van der Waals surface area (Å²) >= 11 is 0. The number of ether oxygens (including phenoxy) is 1. The number of benzene rings is 1. The van der Waals surface area contributed by atoms with Gasteiger partial charge in [0.2, 0.25) is 0 Å². The smallest absolute Gasteiger partial charge is 0.196 e. The van der Waals surface area contributed by atoms with Crippen molar-refractivity contribution in [2.75, 3.05) is 25.2 Å². The molecule has 0 radical (unpaired) electrons. The number of nitrogens with zero attached hydrogens (tertiary/aromatic N) is 2. The van der Waals surface area contributed by atoms with Gasteiger partial charge in [-0.25, -0.2) is 0 Å². The summed E-state index contributed by atoms with van der Waals surface area (Å²) < 4.78 is 5.38. The Morgan fingerprint density at radius 3 is 2.89 bits per heavy atom. The summed E-state index contributed by atoms with van der Waals surface area (Å²) in [5.41, 5.74) is 8.22. The molecule has 1 unspecified atom stereocenters. The SMILES string of the molecule is CCC1(COC)CN=C(N)N1c1cccc(C)c1. The molecule has 4 heteroatoms. The van der Waals surface area contributed by atoms with Crippen molar-refractivity contribution in [2.24, 2.45) is 10.7 Å². The molecule has 0 saturated carbocycles. The molecule has 0 aromatic heterocycles. The highest BCUT2D eigenvalue weighted by Crippen LogP contribution is 2.32. The van der Waals surface area contributed by atoms with Crippen LogP contribution in [-0.4, -0.2) is 31.8 Å². The number of aryl methyl sites for hydroxylation is 1. The van der Waals surface area contributed by atoms with Crippen LogP contribution < -0.4 is 10.6 Å². The zero-order valence-electron chi connectivity index (χ0n) is 11.3. The molecule has 0 bridgehead atoms. The molecule has 0 spiro atoms. The van der Waals surface area contributed by atoms with Gasteiger partial charge in [0.15, 0.2) is 5.96 Å². The van der Waals surface area contributed by atoms with E-state index in [9.17, 15) is 0 Å². The van der Waals surface area contributed by atoms with Gasteiger partial charge < -0.3 is 15.4 Å². The molecule has 0 amide bonds. The van der Waals surface area contributed by atoms with Gasteiger partial charge in [0.25, 0.3) is 0 Å². The molecule has 1 aromatic carbocycles. The Hall–Kier alpha value is -1.55. The fourth-order valence-electron chi connectivity index (χ4n) is 2.54. The van der Waals surface area contributed by atoms with E-state index in [2.05, 4.69) is 41.9 Å². The van der Waals surface area contributed by atoms with E-state index in [0.717, 1.165) is 12.1 Å². The van der Waals surface area contributed by atoms with E-state index in [4.69, 9.17) is 10.5 Å². The molecule has 2 rings (SSSR count). The largest absolute Gasteiger partial charge is 0.382 e. The summed E-state index contributed by atoms with van der Waals surface area (Å²) in [6, 6.07) is 8.33. The van der Waals surface area contributed by atoms with Crippen molar-refractivity contribution in [3.8, 4) is 0 Å². The van der Waals surface area contributed by atoms with Crippen molar-refractivity contribution in [1.29, 1.82) is 0 Å². The molecule has 18 heavy (non-hydrogen) atoms. The summed E-state index contributed by atoms with van der Waals surface area (Å²) in [5.74, 6) is 0.583. The Morgan fingerprint density at radius 2 is 2.28 bits per heavy atom. The maximum atomic E-state index is 6.06. The maximum absolute atomic E-state index is 6.06. The molecular formula is C14H21N3O. The average Bonchev–Trinajstić information content (AvgIpc) is 2.68. The molecule has 0 saturated heterocycles. The average molecular weight is 247 g/mol. The Bertz CT molecular complexity index is 458. The van der Waals surface area contributed by atoms with Gasteiger partial charge >= 0.3 is 0 Å². The molecule has 0 aliphatic carbocycles. The van der Waals surface area contributed by atoms with Crippen molar-refractivity contribution in [2.45, 2.75) is 25.8 Å². The molecule has 1 aliphatic rings. The van der Waals surface area contributed by atoms with Crippen molar-refractivity contribution < 1.29 is 4.74 Å². The van der Waals surface area contributed by atoms with Gasteiger partial charge in [-0.15, -0.1) is 0 Å². The van der Waals surface area contributed by atoms with Gasteiger partial charge in [-0.05, 0) is 31.0 Å². The van der Waals surface area contributed by atoms with Crippen LogP contribution in [0.5, 0.6) is 0 Å². The number of hydrogen-bond acceptors (Lipinski definition) is 4. The topological polar surface area (TPSA) is 50.9 Å². The first-order chi connectivity index (χ1) is 8.63. The summed E-state index contributed by atoms with van der Waals surface area (Å²) in [7, 11) is 1.72. The zero-order chi connectivity index (χ0) is 13.2. The van der Waals surface area contributed by atoms with Gasteiger partial charge in [-0.1, -0.05) is 19.1 Å². The second-order valence-electron chi connectivity index (χ2n) is 4.86. The molecule has 1 atom stereocenters. The summed E-state index contributed by atoms with van der Waals surface area (Å²) in [5, 5.41) is 0. The third-order valence-electron chi connectivity index (χ3n) is 3.57. The number of hydrogen-bond donors (Lipinski definition) is 1. The Labute approximate surface area is 108 Å². The van der Waals surface area contributed by atoms with Crippen LogP contribution in [0.2, 0.25) is 0 Å². The van der Waals surface area contributed by atoms with Gasteiger partial charge in [-0.2, -0.15) is 0 Å². The van der Waals surface area contributed by atoms with Crippen LogP contribution in [0.25, 0.3) is 0 Å². The monoisotopic (exact) mass is 247 g/mol. The number of anilines is 1. The van der Waals surface area contributed by atoms with Crippen LogP contribution in [0.15, 0.2) is 29.3 Å². The van der Waals surface area contributed by atoms with E-state index in [0.29, 0.717) is 19.1 Å². The van der Waals surface area contributed by atoms with Crippen molar-refractivity contribution >= 4 is 11.6 Å². The van der Waals surface area contributed by atoms with Crippen LogP contribution in [0.3, 0.4) is 0 Å². The van der Waals surface area contributed by atoms with Crippen LogP contribution in [0.1, 0.15) is 18.9 Å². The molecule has 0 fully saturated rings. The number of nitrogens with two attached hydrogens (primary N) is 1. The van der Waals surface area contributed by atoms with E-state index in [-0.39, 0.29) is 5.54 Å². The van der Waals surface area contributed by atoms with Crippen LogP contribution in [-0.2, 0) is 4.74 Å². The summed E-state index contributed by atoms with van der Waals surface area (Å²) in [6.07, 6.45) is 0.943. The Morgan fingerprint density at radius 1 is 1.50 bits per heavy atom. The zero-order valence-corrected chi connectivity index (χ0v) is 11.3. The van der Waals surface area contributed by atoms with E-state index >= 15 is 0 Å². The first-order valence-corrected chi connectivity index (χ1v) is 6.29. The number of rotatable bonds is 4. The Balaban J connectivity index is 2.41. The minimum Gasteiger partial charge on any atom is -0.382 e. The van der Waals surface area contributed by atoms with E-state index in [1.165, 1.54) is 5.56 Å². The molecule has 1 aliphatic heterocycles. The minimum absolute atomic E-state index is 0.146. The molecular weight excluding hydrogens is 226 g/mol. The van der Waals surface area contributed by atoms with Gasteiger partial charge in [0.1, 0.15) is 0 Å². The highest BCUT2D eigenvalue weighted by molar-refractivity contribution is 5.98.